The number of hydrogen-bond donors (Lipinski definition) is 2. The van der Waals surface area contributed by atoms with Gasteiger partial charge >= 0.3 is 6.18 Å². The van der Waals surface area contributed by atoms with E-state index < -0.39 is 23.3 Å². The Bertz CT molecular complexity index is 1370. The first-order chi connectivity index (χ1) is 16.6. The molecule has 3 N–H and O–H groups in total. The normalized spacial score (nSPS) is 11.7. The van der Waals surface area contributed by atoms with Crippen molar-refractivity contribution in [1.29, 1.82) is 0 Å². The minimum Gasteiger partial charge on any atom is -0.475 e. The highest BCUT2D eigenvalue weighted by atomic mass is 19.4. The molecule has 0 spiro atoms. The summed E-state index contributed by atoms with van der Waals surface area (Å²) in [5.41, 5.74) is 5.36. The molecule has 3 aromatic heterocycles. The lowest BCUT2D eigenvalue weighted by Gasteiger charge is -2.09. The number of nitrogen functional groups attached to an aromatic ring is 1. The third kappa shape index (κ3) is 5.68. The maximum atomic E-state index is 13.6. The molecule has 182 valence electrons. The molecule has 8 nitrogen and oxygen atoms in total. The third-order valence-corrected chi connectivity index (χ3v) is 5.09. The van der Waals surface area contributed by atoms with E-state index in [0.717, 1.165) is 21.7 Å². The largest absolute Gasteiger partial charge is 0.475 e. The monoisotopic (exact) mass is 484 g/mol. The first-order valence-corrected chi connectivity index (χ1v) is 10.8. The van der Waals surface area contributed by atoms with Crippen molar-refractivity contribution in [2.24, 2.45) is 0 Å². The van der Waals surface area contributed by atoms with Crippen molar-refractivity contribution in [3.63, 3.8) is 0 Å². The molecule has 1 amide bonds. The number of nitrogens with zero attached hydrogens (tertiary/aromatic N) is 4. The number of nitrogens with two attached hydrogens (primary N) is 1. The molecule has 0 bridgehead atoms. The maximum absolute atomic E-state index is 13.6. The standard InChI is InChI=1S/C24H23F3N6O2/c1-14(2)35-20-10-16(5-7-29-20)12-33-13-19(21(32-33)24(25,26)27)23(34)31-11-15-3-4-18-17(9-15)6-8-30-22(18)28/h3-10,13-14H,11-12H2,1-2H3,(H2,28,30)(H,31,34). The molecule has 0 aliphatic rings. The van der Waals surface area contributed by atoms with Crippen LogP contribution in [0.15, 0.2) is 55.0 Å². The van der Waals surface area contributed by atoms with Crippen LogP contribution >= 0.6 is 0 Å². The molecule has 0 aliphatic carbocycles. The molecule has 0 saturated carbocycles. The first-order valence-electron chi connectivity index (χ1n) is 10.8. The van der Waals surface area contributed by atoms with E-state index in [1.54, 1.807) is 42.6 Å². The van der Waals surface area contributed by atoms with E-state index >= 15 is 0 Å². The molecule has 0 saturated heterocycles. The quantitative estimate of drug-likeness (QED) is 0.407. The lowest BCUT2D eigenvalue weighted by molar-refractivity contribution is -0.141. The van der Waals surface area contributed by atoms with Gasteiger partial charge in [0.05, 0.1) is 18.2 Å². The summed E-state index contributed by atoms with van der Waals surface area (Å²) in [5.74, 6) is -0.152. The number of aromatic nitrogens is 4. The summed E-state index contributed by atoms with van der Waals surface area (Å²) in [6.07, 6.45) is -0.748. The highest BCUT2D eigenvalue weighted by molar-refractivity contribution is 5.95. The van der Waals surface area contributed by atoms with Crippen molar-refractivity contribution in [2.75, 3.05) is 5.73 Å². The molecule has 4 rings (SSSR count). The molecule has 3 heterocycles. The van der Waals surface area contributed by atoms with E-state index in [0.29, 0.717) is 22.8 Å². The lowest BCUT2D eigenvalue weighted by atomic mass is 10.1. The Morgan fingerprint density at radius 2 is 1.89 bits per heavy atom. The molecule has 35 heavy (non-hydrogen) atoms. The number of benzene rings is 1. The highest BCUT2D eigenvalue weighted by Gasteiger charge is 2.39. The fourth-order valence-corrected chi connectivity index (χ4v) is 3.56. The predicted octanol–water partition coefficient (Wildman–Crippen LogP) is 4.19. The van der Waals surface area contributed by atoms with E-state index in [2.05, 4.69) is 20.4 Å². The Kier molecular flexibility index (Phi) is 6.59. The summed E-state index contributed by atoms with van der Waals surface area (Å²) in [5, 5.41) is 7.75. The van der Waals surface area contributed by atoms with Crippen LogP contribution in [-0.4, -0.2) is 31.8 Å². The van der Waals surface area contributed by atoms with Gasteiger partial charge in [-0.15, -0.1) is 0 Å². The number of amides is 1. The molecule has 0 atom stereocenters. The Balaban J connectivity index is 1.53. The van der Waals surface area contributed by atoms with Crippen molar-refractivity contribution >= 4 is 22.5 Å². The van der Waals surface area contributed by atoms with Gasteiger partial charge < -0.3 is 15.8 Å². The SMILES string of the molecule is CC(C)Oc1cc(Cn2cc(C(=O)NCc3ccc4c(N)nccc4c3)c(C(F)(F)F)n2)ccn1. The summed E-state index contributed by atoms with van der Waals surface area (Å²) in [4.78, 5) is 20.8. The number of anilines is 1. The van der Waals surface area contributed by atoms with Crippen molar-refractivity contribution in [3.8, 4) is 5.88 Å². The topological polar surface area (TPSA) is 108 Å². The number of carbonyl (C=O) groups excluding carboxylic acids is 1. The Morgan fingerprint density at radius 1 is 1.11 bits per heavy atom. The first kappa shape index (κ1) is 24.0. The number of ether oxygens (including phenoxy) is 1. The molecule has 0 unspecified atom stereocenters. The summed E-state index contributed by atoms with van der Waals surface area (Å²) in [6.45, 7) is 3.72. The van der Waals surface area contributed by atoms with Crippen LogP contribution in [0.2, 0.25) is 0 Å². The van der Waals surface area contributed by atoms with E-state index in [1.165, 1.54) is 6.20 Å². The molecular formula is C24H23F3N6O2. The van der Waals surface area contributed by atoms with Gasteiger partial charge in [-0.05, 0) is 48.6 Å². The number of rotatable bonds is 7. The molecule has 0 radical (unpaired) electrons. The third-order valence-electron chi connectivity index (χ3n) is 5.09. The second-order valence-corrected chi connectivity index (χ2v) is 8.19. The zero-order valence-corrected chi connectivity index (χ0v) is 19.0. The van der Waals surface area contributed by atoms with E-state index in [-0.39, 0.29) is 19.2 Å². The summed E-state index contributed by atoms with van der Waals surface area (Å²) >= 11 is 0. The average Bonchev–Trinajstić information content (AvgIpc) is 3.22. The number of carbonyl (C=O) groups is 1. The zero-order valence-electron chi connectivity index (χ0n) is 19.0. The zero-order chi connectivity index (χ0) is 25.2. The van der Waals surface area contributed by atoms with Crippen LogP contribution in [0.4, 0.5) is 19.0 Å². The van der Waals surface area contributed by atoms with Crippen LogP contribution in [0.3, 0.4) is 0 Å². The summed E-state index contributed by atoms with van der Waals surface area (Å²) in [6, 6.07) is 10.3. The Morgan fingerprint density at radius 3 is 2.63 bits per heavy atom. The molecule has 0 fully saturated rings. The van der Waals surface area contributed by atoms with Gasteiger partial charge in [0.1, 0.15) is 5.82 Å². The number of fused-ring (bicyclic) bond motifs is 1. The molecule has 4 aromatic rings. The van der Waals surface area contributed by atoms with E-state index in [9.17, 15) is 18.0 Å². The molecular weight excluding hydrogens is 461 g/mol. The van der Waals surface area contributed by atoms with Crippen molar-refractivity contribution in [3.05, 3.63) is 77.4 Å². The number of nitrogens with one attached hydrogen (secondary N) is 1. The molecule has 11 heteroatoms. The van der Waals surface area contributed by atoms with Gasteiger partial charge in [-0.1, -0.05) is 12.1 Å². The van der Waals surface area contributed by atoms with Crippen LogP contribution in [0.5, 0.6) is 5.88 Å². The molecule has 0 aliphatic heterocycles. The van der Waals surface area contributed by atoms with Gasteiger partial charge in [-0.25, -0.2) is 9.97 Å². The van der Waals surface area contributed by atoms with E-state index in [4.69, 9.17) is 10.5 Å². The Labute approximate surface area is 198 Å². The second kappa shape index (κ2) is 9.61. The van der Waals surface area contributed by atoms with Crippen LogP contribution in [0, 0.1) is 0 Å². The summed E-state index contributed by atoms with van der Waals surface area (Å²) in [7, 11) is 0. The minimum absolute atomic E-state index is 0.00741. The number of pyridine rings is 2. The maximum Gasteiger partial charge on any atom is 0.435 e. The second-order valence-electron chi connectivity index (χ2n) is 8.19. The van der Waals surface area contributed by atoms with Gasteiger partial charge in [0.25, 0.3) is 5.91 Å². The van der Waals surface area contributed by atoms with Crippen LogP contribution in [-0.2, 0) is 19.3 Å². The van der Waals surface area contributed by atoms with Crippen LogP contribution < -0.4 is 15.8 Å². The lowest BCUT2D eigenvalue weighted by Crippen LogP contribution is -2.25. The molecule has 1 aromatic carbocycles. The highest BCUT2D eigenvalue weighted by Crippen LogP contribution is 2.31. The van der Waals surface area contributed by atoms with Crippen molar-refractivity contribution < 1.29 is 22.7 Å². The Hall–Kier alpha value is -4.15. The van der Waals surface area contributed by atoms with Crippen molar-refractivity contribution in [1.82, 2.24) is 25.1 Å². The van der Waals surface area contributed by atoms with Crippen LogP contribution in [0.25, 0.3) is 10.8 Å². The predicted molar refractivity (Wildman–Crippen MR) is 124 cm³/mol. The minimum atomic E-state index is -4.80. The summed E-state index contributed by atoms with van der Waals surface area (Å²) < 4.78 is 47.5. The smallest absolute Gasteiger partial charge is 0.435 e. The van der Waals surface area contributed by atoms with Gasteiger partial charge in [-0.3, -0.25) is 9.48 Å². The van der Waals surface area contributed by atoms with Gasteiger partial charge in [0, 0.05) is 36.6 Å². The van der Waals surface area contributed by atoms with Gasteiger partial charge in [-0.2, -0.15) is 18.3 Å². The van der Waals surface area contributed by atoms with Gasteiger partial charge in [0.15, 0.2) is 5.69 Å². The average molecular weight is 484 g/mol. The fourth-order valence-electron chi connectivity index (χ4n) is 3.56. The van der Waals surface area contributed by atoms with Crippen LogP contribution in [0.1, 0.15) is 41.0 Å². The van der Waals surface area contributed by atoms with Crippen molar-refractivity contribution in [2.45, 2.75) is 39.2 Å². The number of alkyl halides is 3. The number of hydrogen-bond acceptors (Lipinski definition) is 6. The van der Waals surface area contributed by atoms with Gasteiger partial charge in [0.2, 0.25) is 5.88 Å². The fraction of sp³-hybridized carbons (Fsp3) is 0.250. The number of halogens is 3. The van der Waals surface area contributed by atoms with E-state index in [1.807, 2.05) is 13.8 Å².